The highest BCUT2D eigenvalue weighted by Crippen LogP contribution is 2.52. The van der Waals surface area contributed by atoms with Gasteiger partial charge in [-0.1, -0.05) is 0 Å². The number of aromatic hydroxyl groups is 1. The minimum absolute atomic E-state index is 0.107. The van der Waals surface area contributed by atoms with Crippen LogP contribution in [0.2, 0.25) is 0 Å². The van der Waals surface area contributed by atoms with E-state index in [0.29, 0.717) is 3.57 Å². The number of esters is 1. The van der Waals surface area contributed by atoms with Crippen molar-refractivity contribution in [1.82, 2.24) is 0 Å². The van der Waals surface area contributed by atoms with E-state index in [9.17, 15) is 19.8 Å². The van der Waals surface area contributed by atoms with Crippen LogP contribution in [0.3, 0.4) is 0 Å². The topological polar surface area (TPSA) is 83.8 Å². The molecule has 2 aliphatic carbocycles. The number of halogens is 1. The number of benzene rings is 1. The van der Waals surface area contributed by atoms with Gasteiger partial charge in [0.1, 0.15) is 12.4 Å². The molecule has 4 atom stereocenters. The number of carboxylic acid groups (broad SMARTS) is 1. The van der Waals surface area contributed by atoms with Crippen molar-refractivity contribution in [2.75, 3.05) is 0 Å². The first-order chi connectivity index (χ1) is 10.9. The molecule has 2 fully saturated rings. The number of hydrogen-bond donors (Lipinski definition) is 2. The van der Waals surface area contributed by atoms with E-state index >= 15 is 0 Å². The summed E-state index contributed by atoms with van der Waals surface area (Å²) in [6.45, 7) is 1.90. The van der Waals surface area contributed by atoms with Crippen LogP contribution in [0.5, 0.6) is 5.75 Å². The first-order valence-electron chi connectivity index (χ1n) is 7.76. The molecule has 0 saturated heterocycles. The lowest BCUT2D eigenvalue weighted by Crippen LogP contribution is -2.35. The van der Waals surface area contributed by atoms with Crippen molar-refractivity contribution >= 4 is 34.5 Å². The molecule has 0 amide bonds. The van der Waals surface area contributed by atoms with Crippen LogP contribution in [0.25, 0.3) is 0 Å². The number of phenols is 1. The standard InChI is InChI=1S/C17H19IO5/c1-8-4-9(5-12(18)15(8)19)7-23-17(22)14-11-3-2-10(6-11)13(14)16(20)21/h4-5,10-11,13-14,19H,2-3,6-7H2,1H3,(H,20,21). The highest BCUT2D eigenvalue weighted by molar-refractivity contribution is 14.1. The molecule has 2 saturated carbocycles. The Hall–Kier alpha value is -1.31. The van der Waals surface area contributed by atoms with Crippen molar-refractivity contribution in [2.45, 2.75) is 32.8 Å². The van der Waals surface area contributed by atoms with Gasteiger partial charge in [-0.15, -0.1) is 0 Å². The Labute approximate surface area is 148 Å². The zero-order valence-electron chi connectivity index (χ0n) is 12.8. The lowest BCUT2D eigenvalue weighted by Gasteiger charge is -2.26. The summed E-state index contributed by atoms with van der Waals surface area (Å²) in [4.78, 5) is 23.9. The first-order valence-corrected chi connectivity index (χ1v) is 8.83. The summed E-state index contributed by atoms with van der Waals surface area (Å²) in [7, 11) is 0. The number of phenolic OH excluding ortho intramolecular Hbond substituents is 1. The summed E-state index contributed by atoms with van der Waals surface area (Å²) in [6, 6.07) is 3.55. The molecular formula is C17H19IO5. The van der Waals surface area contributed by atoms with Gasteiger partial charge in [0.2, 0.25) is 0 Å². The molecule has 1 aromatic carbocycles. The Morgan fingerprint density at radius 1 is 1.26 bits per heavy atom. The fraction of sp³-hybridized carbons (Fsp3) is 0.529. The minimum atomic E-state index is -0.880. The monoisotopic (exact) mass is 430 g/mol. The molecular weight excluding hydrogens is 411 g/mol. The molecule has 23 heavy (non-hydrogen) atoms. The second-order valence-corrected chi connectivity index (χ2v) is 7.74. The molecule has 2 bridgehead atoms. The van der Waals surface area contributed by atoms with Crippen LogP contribution in [-0.4, -0.2) is 22.2 Å². The quantitative estimate of drug-likeness (QED) is 0.567. The molecule has 2 aliphatic rings. The predicted octanol–water partition coefficient (Wildman–Crippen LogP) is 3.10. The largest absolute Gasteiger partial charge is 0.507 e. The van der Waals surface area contributed by atoms with Crippen LogP contribution in [0.4, 0.5) is 0 Å². The van der Waals surface area contributed by atoms with E-state index in [4.69, 9.17) is 4.74 Å². The second-order valence-electron chi connectivity index (χ2n) is 6.57. The molecule has 0 radical (unpaired) electrons. The highest BCUT2D eigenvalue weighted by Gasteiger charge is 2.54. The van der Waals surface area contributed by atoms with Gasteiger partial charge >= 0.3 is 11.9 Å². The molecule has 2 N–H and O–H groups in total. The number of aliphatic carboxylic acids is 1. The molecule has 6 heteroatoms. The molecule has 0 heterocycles. The summed E-state index contributed by atoms with van der Waals surface area (Å²) < 4.78 is 6.11. The van der Waals surface area contributed by atoms with Gasteiger partial charge in [0.25, 0.3) is 0 Å². The SMILES string of the molecule is Cc1cc(COC(=O)C2C3CCC(C3)C2C(=O)O)cc(I)c1O. The molecule has 5 nitrogen and oxygen atoms in total. The van der Waals surface area contributed by atoms with Crippen LogP contribution in [0, 0.1) is 34.2 Å². The van der Waals surface area contributed by atoms with E-state index in [0.717, 1.165) is 30.4 Å². The first kappa shape index (κ1) is 16.5. The summed E-state index contributed by atoms with van der Waals surface area (Å²) in [5.41, 5.74) is 1.53. The van der Waals surface area contributed by atoms with E-state index in [1.807, 2.05) is 22.6 Å². The van der Waals surface area contributed by atoms with Crippen LogP contribution in [0.15, 0.2) is 12.1 Å². The summed E-state index contributed by atoms with van der Waals surface area (Å²) in [5, 5.41) is 19.2. The number of hydrogen-bond acceptors (Lipinski definition) is 4. The summed E-state index contributed by atoms with van der Waals surface area (Å²) in [6.07, 6.45) is 2.65. The lowest BCUT2D eigenvalue weighted by molar-refractivity contribution is -0.161. The average molecular weight is 430 g/mol. The van der Waals surface area contributed by atoms with Gasteiger partial charge < -0.3 is 14.9 Å². The van der Waals surface area contributed by atoms with Crippen LogP contribution in [0.1, 0.15) is 30.4 Å². The number of carboxylic acids is 1. The smallest absolute Gasteiger partial charge is 0.310 e. The Kier molecular flexibility index (Phi) is 4.53. The van der Waals surface area contributed by atoms with E-state index in [1.54, 1.807) is 19.1 Å². The van der Waals surface area contributed by atoms with E-state index in [2.05, 4.69) is 0 Å². The van der Waals surface area contributed by atoms with Gasteiger partial charge in [-0.3, -0.25) is 9.59 Å². The van der Waals surface area contributed by atoms with Crippen molar-refractivity contribution in [3.8, 4) is 5.75 Å². The van der Waals surface area contributed by atoms with E-state index in [1.165, 1.54) is 0 Å². The molecule has 1 aromatic rings. The van der Waals surface area contributed by atoms with Crippen LogP contribution in [-0.2, 0) is 20.9 Å². The molecule has 0 spiro atoms. The Bertz CT molecular complexity index is 633. The van der Waals surface area contributed by atoms with Gasteiger partial charge in [0.05, 0.1) is 15.4 Å². The van der Waals surface area contributed by atoms with Crippen LogP contribution < -0.4 is 0 Å². The van der Waals surface area contributed by atoms with Crippen molar-refractivity contribution in [3.63, 3.8) is 0 Å². The summed E-state index contributed by atoms with van der Waals surface area (Å²) >= 11 is 2.03. The van der Waals surface area contributed by atoms with Crippen LogP contribution >= 0.6 is 22.6 Å². The normalized spacial score (nSPS) is 28.8. The predicted molar refractivity (Wildman–Crippen MR) is 90.8 cm³/mol. The van der Waals surface area contributed by atoms with Crippen molar-refractivity contribution in [3.05, 3.63) is 26.8 Å². The second kappa shape index (κ2) is 6.30. The van der Waals surface area contributed by atoms with Gasteiger partial charge in [0, 0.05) is 0 Å². The number of rotatable bonds is 4. The third kappa shape index (κ3) is 3.05. The molecule has 4 unspecified atom stereocenters. The lowest BCUT2D eigenvalue weighted by atomic mass is 9.79. The summed E-state index contributed by atoms with van der Waals surface area (Å²) in [5.74, 6) is -1.88. The van der Waals surface area contributed by atoms with E-state index < -0.39 is 23.8 Å². The Morgan fingerprint density at radius 2 is 1.91 bits per heavy atom. The van der Waals surface area contributed by atoms with Crippen molar-refractivity contribution < 1.29 is 24.5 Å². The fourth-order valence-corrected chi connectivity index (χ4v) is 4.95. The number of ether oxygens (including phenoxy) is 1. The van der Waals surface area contributed by atoms with Crippen molar-refractivity contribution in [2.24, 2.45) is 23.7 Å². The van der Waals surface area contributed by atoms with Gasteiger partial charge in [-0.05, 0) is 83.9 Å². The van der Waals surface area contributed by atoms with E-state index in [-0.39, 0.29) is 24.2 Å². The number of aryl methyl sites for hydroxylation is 1. The number of carbonyl (C=O) groups is 2. The zero-order valence-corrected chi connectivity index (χ0v) is 14.9. The number of fused-ring (bicyclic) bond motifs is 2. The third-order valence-electron chi connectivity index (χ3n) is 5.17. The Morgan fingerprint density at radius 3 is 2.52 bits per heavy atom. The maximum Gasteiger partial charge on any atom is 0.310 e. The van der Waals surface area contributed by atoms with Crippen molar-refractivity contribution in [1.29, 1.82) is 0 Å². The fourth-order valence-electron chi connectivity index (χ4n) is 4.13. The molecule has 124 valence electrons. The molecule has 0 aliphatic heterocycles. The zero-order chi connectivity index (χ0) is 16.7. The van der Waals surface area contributed by atoms with Gasteiger partial charge in [-0.2, -0.15) is 0 Å². The van der Waals surface area contributed by atoms with Gasteiger partial charge in [0.15, 0.2) is 0 Å². The number of carbonyl (C=O) groups excluding carboxylic acids is 1. The molecule has 0 aromatic heterocycles. The molecule has 3 rings (SSSR count). The minimum Gasteiger partial charge on any atom is -0.507 e. The average Bonchev–Trinajstić information content (AvgIpc) is 3.10. The highest BCUT2D eigenvalue weighted by atomic mass is 127. The Balaban J connectivity index is 1.69. The maximum atomic E-state index is 12.4. The third-order valence-corrected chi connectivity index (χ3v) is 5.99. The maximum absolute atomic E-state index is 12.4. The van der Waals surface area contributed by atoms with Gasteiger partial charge in [-0.25, -0.2) is 0 Å².